The fourth-order valence-corrected chi connectivity index (χ4v) is 2.46. The first-order valence-corrected chi connectivity index (χ1v) is 8.69. The third kappa shape index (κ3) is 10.7. The Balaban J connectivity index is 3.44. The second-order valence-corrected chi connectivity index (χ2v) is 6.06. The van der Waals surface area contributed by atoms with E-state index >= 15 is 0 Å². The molecule has 0 aromatic carbocycles. The molecule has 0 aliphatic carbocycles. The molecule has 1 amide bonds. The summed E-state index contributed by atoms with van der Waals surface area (Å²) in [6, 6.07) is 0. The molecular formula is C17H36N2O2. The molecule has 3 N–H and O–H groups in total. The highest BCUT2D eigenvalue weighted by Crippen LogP contribution is 2.13. The van der Waals surface area contributed by atoms with Crippen LogP contribution >= 0.6 is 0 Å². The summed E-state index contributed by atoms with van der Waals surface area (Å²) in [6.45, 7) is 8.53. The topological polar surface area (TPSA) is 64.3 Å². The Morgan fingerprint density at radius 2 is 1.57 bits per heavy atom. The quantitative estimate of drug-likeness (QED) is 0.456. The largest absolute Gasteiger partial charge is 0.381 e. The Hall–Kier alpha value is -0.610. The van der Waals surface area contributed by atoms with Crippen LogP contribution in [0.3, 0.4) is 0 Å². The number of amides is 1. The van der Waals surface area contributed by atoms with E-state index in [2.05, 4.69) is 12.2 Å². The molecule has 126 valence electrons. The number of nitrogens with two attached hydrogens (primary N) is 1. The van der Waals surface area contributed by atoms with E-state index in [1.807, 2.05) is 13.8 Å². The van der Waals surface area contributed by atoms with Crippen molar-refractivity contribution in [2.24, 2.45) is 5.73 Å². The first kappa shape index (κ1) is 20.4. The lowest BCUT2D eigenvalue weighted by atomic mass is 9.94. The molecule has 0 heterocycles. The van der Waals surface area contributed by atoms with Crippen LogP contribution in [0.25, 0.3) is 0 Å². The molecule has 0 aromatic heterocycles. The van der Waals surface area contributed by atoms with Crippen LogP contribution in [0.2, 0.25) is 0 Å². The van der Waals surface area contributed by atoms with E-state index in [0.29, 0.717) is 0 Å². The average Bonchev–Trinajstić information content (AvgIpc) is 2.45. The van der Waals surface area contributed by atoms with Crippen molar-refractivity contribution in [2.75, 3.05) is 19.8 Å². The lowest BCUT2D eigenvalue weighted by molar-refractivity contribution is -0.124. The van der Waals surface area contributed by atoms with Gasteiger partial charge in [0.25, 0.3) is 0 Å². The fraction of sp³-hybridized carbons (Fsp3) is 0.941. The monoisotopic (exact) mass is 300 g/mol. The maximum Gasteiger partial charge on any atom is 0.237 e. The van der Waals surface area contributed by atoms with Crippen LogP contribution in [0.5, 0.6) is 0 Å². The second-order valence-electron chi connectivity index (χ2n) is 6.06. The molecule has 0 saturated carbocycles. The molecule has 0 aliphatic heterocycles. The zero-order chi connectivity index (χ0) is 16.0. The average molecular weight is 300 g/mol. The van der Waals surface area contributed by atoms with Crippen LogP contribution in [-0.4, -0.2) is 31.2 Å². The van der Waals surface area contributed by atoms with E-state index in [1.54, 1.807) is 0 Å². The van der Waals surface area contributed by atoms with Gasteiger partial charge in [0.05, 0.1) is 5.54 Å². The van der Waals surface area contributed by atoms with Gasteiger partial charge in [0, 0.05) is 13.2 Å². The second kappa shape index (κ2) is 13.1. The minimum absolute atomic E-state index is 0.266. The van der Waals surface area contributed by atoms with E-state index in [9.17, 15) is 4.79 Å². The van der Waals surface area contributed by atoms with E-state index in [1.165, 1.54) is 38.5 Å². The van der Waals surface area contributed by atoms with E-state index in [-0.39, 0.29) is 5.91 Å². The lowest BCUT2D eigenvalue weighted by Crippen LogP contribution is -2.52. The molecule has 4 heteroatoms. The number of unbranched alkanes of at least 4 members (excludes halogenated alkanes) is 6. The van der Waals surface area contributed by atoms with Crippen molar-refractivity contribution >= 4 is 5.91 Å². The maximum atomic E-state index is 11.5. The summed E-state index contributed by atoms with van der Waals surface area (Å²) in [4.78, 5) is 11.5. The summed E-state index contributed by atoms with van der Waals surface area (Å²) in [5, 5.41) is 3.18. The van der Waals surface area contributed by atoms with Crippen LogP contribution in [0.4, 0.5) is 0 Å². The number of hydrogen-bond acceptors (Lipinski definition) is 3. The predicted molar refractivity (Wildman–Crippen MR) is 89.3 cm³/mol. The van der Waals surface area contributed by atoms with Gasteiger partial charge in [-0.3, -0.25) is 4.79 Å². The van der Waals surface area contributed by atoms with Crippen molar-refractivity contribution < 1.29 is 9.53 Å². The molecule has 0 radical (unpaired) electrons. The molecule has 0 saturated heterocycles. The van der Waals surface area contributed by atoms with Crippen LogP contribution < -0.4 is 11.1 Å². The number of carbonyl (C=O) groups excluding carboxylic acids is 1. The molecule has 1 atom stereocenters. The van der Waals surface area contributed by atoms with Gasteiger partial charge >= 0.3 is 0 Å². The SMILES string of the molecule is CCCCCCCCOCCCCC(C)(NCC)C(N)=O. The van der Waals surface area contributed by atoms with Gasteiger partial charge in [-0.2, -0.15) is 0 Å². The molecular weight excluding hydrogens is 264 g/mol. The third-order valence-electron chi connectivity index (χ3n) is 3.97. The first-order valence-electron chi connectivity index (χ1n) is 8.69. The van der Waals surface area contributed by atoms with Gasteiger partial charge in [-0.25, -0.2) is 0 Å². The molecule has 0 aromatic rings. The highest BCUT2D eigenvalue weighted by Gasteiger charge is 2.28. The van der Waals surface area contributed by atoms with Gasteiger partial charge in [0.15, 0.2) is 0 Å². The number of rotatable bonds is 15. The summed E-state index contributed by atoms with van der Waals surface area (Å²) >= 11 is 0. The predicted octanol–water partition coefficient (Wildman–Crippen LogP) is 3.39. The minimum Gasteiger partial charge on any atom is -0.381 e. The van der Waals surface area contributed by atoms with Crippen molar-refractivity contribution in [3.63, 3.8) is 0 Å². The van der Waals surface area contributed by atoms with Crippen LogP contribution in [0.15, 0.2) is 0 Å². The number of hydrogen-bond donors (Lipinski definition) is 2. The summed E-state index contributed by atoms with van der Waals surface area (Å²) in [6.07, 6.45) is 10.5. The van der Waals surface area contributed by atoms with Crippen molar-refractivity contribution in [2.45, 2.75) is 84.1 Å². The number of nitrogens with one attached hydrogen (secondary N) is 1. The van der Waals surface area contributed by atoms with Gasteiger partial charge in [0.2, 0.25) is 5.91 Å². The van der Waals surface area contributed by atoms with E-state index in [4.69, 9.17) is 10.5 Å². The zero-order valence-electron chi connectivity index (χ0n) is 14.4. The Kier molecular flexibility index (Phi) is 12.7. The lowest BCUT2D eigenvalue weighted by Gasteiger charge is -2.26. The molecule has 1 unspecified atom stereocenters. The number of likely N-dealkylation sites (N-methyl/N-ethyl adjacent to an activating group) is 1. The summed E-state index contributed by atoms with van der Waals surface area (Å²) in [7, 11) is 0. The molecule has 4 nitrogen and oxygen atoms in total. The van der Waals surface area contributed by atoms with Crippen molar-refractivity contribution in [3.05, 3.63) is 0 Å². The Labute approximate surface area is 131 Å². The number of ether oxygens (including phenoxy) is 1. The van der Waals surface area contributed by atoms with Crippen molar-refractivity contribution in [1.82, 2.24) is 5.32 Å². The normalized spacial score (nSPS) is 14.0. The minimum atomic E-state index is -0.575. The molecule has 0 fully saturated rings. The highest BCUT2D eigenvalue weighted by molar-refractivity contribution is 5.84. The van der Waals surface area contributed by atoms with E-state index in [0.717, 1.165) is 39.0 Å². The number of primary amides is 1. The van der Waals surface area contributed by atoms with E-state index < -0.39 is 5.54 Å². The molecule has 0 spiro atoms. The number of carbonyl (C=O) groups is 1. The Bertz CT molecular complexity index is 259. The van der Waals surface area contributed by atoms with Gasteiger partial charge in [-0.05, 0) is 39.2 Å². The standard InChI is InChI=1S/C17H36N2O2/c1-4-6-7-8-9-11-14-21-15-12-10-13-17(3,16(18)20)19-5-2/h19H,4-15H2,1-3H3,(H2,18,20). The summed E-state index contributed by atoms with van der Waals surface area (Å²) in [5.74, 6) is -0.266. The Morgan fingerprint density at radius 1 is 1.00 bits per heavy atom. The van der Waals surface area contributed by atoms with Gasteiger partial charge in [-0.1, -0.05) is 46.0 Å². The smallest absolute Gasteiger partial charge is 0.237 e. The fourth-order valence-electron chi connectivity index (χ4n) is 2.46. The summed E-state index contributed by atoms with van der Waals surface area (Å²) in [5.41, 5.74) is 4.88. The van der Waals surface area contributed by atoms with Gasteiger partial charge < -0.3 is 15.8 Å². The highest BCUT2D eigenvalue weighted by atomic mass is 16.5. The molecule has 21 heavy (non-hydrogen) atoms. The van der Waals surface area contributed by atoms with Gasteiger partial charge in [0.1, 0.15) is 0 Å². The molecule has 0 bridgehead atoms. The van der Waals surface area contributed by atoms with Crippen molar-refractivity contribution in [3.8, 4) is 0 Å². The van der Waals surface area contributed by atoms with Crippen LogP contribution in [0, 0.1) is 0 Å². The van der Waals surface area contributed by atoms with Crippen LogP contribution in [0.1, 0.15) is 78.6 Å². The molecule has 0 aliphatic rings. The first-order chi connectivity index (χ1) is 10.1. The zero-order valence-corrected chi connectivity index (χ0v) is 14.4. The van der Waals surface area contributed by atoms with Gasteiger partial charge in [-0.15, -0.1) is 0 Å². The molecule has 0 rings (SSSR count). The Morgan fingerprint density at radius 3 is 2.14 bits per heavy atom. The van der Waals surface area contributed by atoms with Crippen molar-refractivity contribution in [1.29, 1.82) is 0 Å². The summed E-state index contributed by atoms with van der Waals surface area (Å²) < 4.78 is 5.64. The van der Waals surface area contributed by atoms with Crippen LogP contribution in [-0.2, 0) is 9.53 Å². The maximum absolute atomic E-state index is 11.5. The third-order valence-corrected chi connectivity index (χ3v) is 3.97.